The number of nitrogens with zero attached hydrogens (tertiary/aromatic N) is 1. The lowest BCUT2D eigenvalue weighted by Crippen LogP contribution is -2.17. The number of ether oxygens (including phenoxy) is 3. The quantitative estimate of drug-likeness (QED) is 0.311. The van der Waals surface area contributed by atoms with Crippen molar-refractivity contribution in [1.29, 1.82) is 0 Å². The summed E-state index contributed by atoms with van der Waals surface area (Å²) in [6, 6.07) is 23.9. The van der Waals surface area contributed by atoms with E-state index in [9.17, 15) is 4.79 Å². The summed E-state index contributed by atoms with van der Waals surface area (Å²) in [5.74, 6) is 2.13. The zero-order chi connectivity index (χ0) is 21.0. The van der Waals surface area contributed by atoms with Gasteiger partial charge >= 0.3 is 0 Å². The molecule has 0 aromatic heterocycles. The summed E-state index contributed by atoms with van der Waals surface area (Å²) in [4.78, 5) is 11.9. The number of hydrogen-bond acceptors (Lipinski definition) is 5. The van der Waals surface area contributed by atoms with Gasteiger partial charge in [0.2, 0.25) is 0 Å². The van der Waals surface area contributed by atoms with Gasteiger partial charge in [0.1, 0.15) is 17.2 Å². The molecule has 0 fully saturated rings. The maximum Gasteiger partial charge on any atom is 0.271 e. The molecule has 0 atom stereocenters. The van der Waals surface area contributed by atoms with Crippen LogP contribution >= 0.6 is 0 Å². The first-order valence-corrected chi connectivity index (χ1v) is 9.63. The van der Waals surface area contributed by atoms with Crippen molar-refractivity contribution in [3.05, 3.63) is 90.0 Å². The summed E-state index contributed by atoms with van der Waals surface area (Å²) < 4.78 is 16.5. The topological polar surface area (TPSA) is 69.2 Å². The third kappa shape index (κ3) is 6.67. The van der Waals surface area contributed by atoms with Crippen LogP contribution in [0.25, 0.3) is 0 Å². The molecule has 0 saturated heterocycles. The van der Waals surface area contributed by atoms with Gasteiger partial charge in [0.15, 0.2) is 0 Å². The molecule has 0 aliphatic carbocycles. The molecule has 0 heterocycles. The van der Waals surface area contributed by atoms with Crippen LogP contribution < -0.4 is 19.6 Å². The number of benzene rings is 3. The van der Waals surface area contributed by atoms with Gasteiger partial charge in [0, 0.05) is 12.0 Å². The molecule has 1 N–H and O–H groups in total. The van der Waals surface area contributed by atoms with Crippen LogP contribution in [-0.2, 0) is 0 Å². The Morgan fingerprint density at radius 2 is 1.40 bits per heavy atom. The summed E-state index contributed by atoms with van der Waals surface area (Å²) in [5, 5.41) is 3.98. The monoisotopic (exact) mass is 404 g/mol. The van der Waals surface area contributed by atoms with Crippen LogP contribution in [0.4, 0.5) is 0 Å². The third-order valence-electron chi connectivity index (χ3n) is 4.18. The Bertz CT molecular complexity index is 939. The van der Waals surface area contributed by atoms with Crippen molar-refractivity contribution < 1.29 is 19.0 Å². The number of amides is 1. The molecule has 0 saturated carbocycles. The average molecular weight is 404 g/mol. The minimum Gasteiger partial charge on any atom is -0.497 e. The fraction of sp³-hybridized carbons (Fsp3) is 0.167. The van der Waals surface area contributed by atoms with E-state index in [0.717, 1.165) is 29.2 Å². The molecule has 0 spiro atoms. The van der Waals surface area contributed by atoms with Crippen molar-refractivity contribution in [2.75, 3.05) is 20.3 Å². The lowest BCUT2D eigenvalue weighted by molar-refractivity contribution is 0.0955. The molecular weight excluding hydrogens is 380 g/mol. The van der Waals surface area contributed by atoms with E-state index in [-0.39, 0.29) is 5.91 Å². The Labute approximate surface area is 176 Å². The number of rotatable bonds is 10. The maximum atomic E-state index is 11.9. The fourth-order valence-corrected chi connectivity index (χ4v) is 2.58. The summed E-state index contributed by atoms with van der Waals surface area (Å²) in [6.07, 6.45) is 2.36. The highest BCUT2D eigenvalue weighted by Crippen LogP contribution is 2.17. The van der Waals surface area contributed by atoms with E-state index < -0.39 is 0 Å². The van der Waals surface area contributed by atoms with Gasteiger partial charge in [-0.05, 0) is 66.2 Å². The molecular formula is C24H24N2O4. The van der Waals surface area contributed by atoms with E-state index in [1.165, 1.54) is 0 Å². The highest BCUT2D eigenvalue weighted by atomic mass is 16.5. The van der Waals surface area contributed by atoms with E-state index in [1.807, 2.05) is 66.7 Å². The van der Waals surface area contributed by atoms with Crippen LogP contribution in [0.1, 0.15) is 22.3 Å². The van der Waals surface area contributed by atoms with Crippen LogP contribution in [0.15, 0.2) is 84.0 Å². The molecule has 0 bridgehead atoms. The van der Waals surface area contributed by atoms with Crippen molar-refractivity contribution in [3.8, 4) is 17.2 Å². The Balaban J connectivity index is 1.35. The second-order valence-electron chi connectivity index (χ2n) is 6.36. The van der Waals surface area contributed by atoms with E-state index in [1.54, 1.807) is 25.5 Å². The summed E-state index contributed by atoms with van der Waals surface area (Å²) in [5.41, 5.74) is 3.93. The largest absolute Gasteiger partial charge is 0.497 e. The standard InChI is InChI=1S/C24H24N2O4/c1-28-21-12-14-23(15-13-21)30-17-5-16-29-22-10-8-19(9-11-22)18-25-26-24(27)20-6-3-2-4-7-20/h2-4,6-15,18H,5,16-17H2,1H3,(H,26,27)/b25-18+. The van der Waals surface area contributed by atoms with Gasteiger partial charge in [0.05, 0.1) is 26.5 Å². The minimum atomic E-state index is -0.247. The predicted molar refractivity (Wildman–Crippen MR) is 117 cm³/mol. The van der Waals surface area contributed by atoms with Crippen molar-refractivity contribution in [2.45, 2.75) is 6.42 Å². The number of carbonyl (C=O) groups excluding carboxylic acids is 1. The fourth-order valence-electron chi connectivity index (χ4n) is 2.58. The first-order chi connectivity index (χ1) is 14.7. The zero-order valence-corrected chi connectivity index (χ0v) is 16.8. The average Bonchev–Trinajstić information content (AvgIpc) is 2.81. The number of methoxy groups -OCH3 is 1. The van der Waals surface area contributed by atoms with Gasteiger partial charge in [0.25, 0.3) is 5.91 Å². The molecule has 3 rings (SSSR count). The number of hydrogen-bond donors (Lipinski definition) is 1. The van der Waals surface area contributed by atoms with Gasteiger partial charge in [-0.2, -0.15) is 5.10 Å². The SMILES string of the molecule is COc1ccc(OCCCOc2ccc(/C=N/NC(=O)c3ccccc3)cc2)cc1. The third-order valence-corrected chi connectivity index (χ3v) is 4.18. The molecule has 0 aliphatic rings. The molecule has 1 amide bonds. The second-order valence-corrected chi connectivity index (χ2v) is 6.36. The van der Waals surface area contributed by atoms with E-state index in [0.29, 0.717) is 18.8 Å². The highest BCUT2D eigenvalue weighted by Gasteiger charge is 2.01. The second kappa shape index (κ2) is 11.3. The van der Waals surface area contributed by atoms with E-state index in [4.69, 9.17) is 14.2 Å². The molecule has 6 heteroatoms. The summed E-state index contributed by atoms with van der Waals surface area (Å²) >= 11 is 0. The molecule has 30 heavy (non-hydrogen) atoms. The van der Waals surface area contributed by atoms with Crippen LogP contribution in [0.3, 0.4) is 0 Å². The maximum absolute atomic E-state index is 11.9. The number of hydrazone groups is 1. The van der Waals surface area contributed by atoms with Crippen molar-refractivity contribution in [2.24, 2.45) is 5.10 Å². The van der Waals surface area contributed by atoms with Gasteiger partial charge in [-0.25, -0.2) is 5.43 Å². The summed E-state index contributed by atoms with van der Waals surface area (Å²) in [6.45, 7) is 1.12. The lowest BCUT2D eigenvalue weighted by Gasteiger charge is -2.08. The Hall–Kier alpha value is -3.80. The van der Waals surface area contributed by atoms with Crippen molar-refractivity contribution in [3.63, 3.8) is 0 Å². The van der Waals surface area contributed by atoms with Crippen molar-refractivity contribution in [1.82, 2.24) is 5.43 Å². The normalized spacial score (nSPS) is 10.6. The molecule has 0 aliphatic heterocycles. The van der Waals surface area contributed by atoms with Crippen LogP contribution in [0.2, 0.25) is 0 Å². The first-order valence-electron chi connectivity index (χ1n) is 9.63. The van der Waals surface area contributed by atoms with Crippen LogP contribution in [-0.4, -0.2) is 32.4 Å². The first kappa shape index (κ1) is 20.9. The van der Waals surface area contributed by atoms with Gasteiger partial charge in [-0.1, -0.05) is 18.2 Å². The highest BCUT2D eigenvalue weighted by molar-refractivity contribution is 5.94. The molecule has 0 radical (unpaired) electrons. The molecule has 6 nitrogen and oxygen atoms in total. The van der Waals surface area contributed by atoms with Crippen molar-refractivity contribution >= 4 is 12.1 Å². The Morgan fingerprint density at radius 1 is 0.833 bits per heavy atom. The minimum absolute atomic E-state index is 0.247. The van der Waals surface area contributed by atoms with Gasteiger partial charge in [-0.3, -0.25) is 4.79 Å². The molecule has 154 valence electrons. The summed E-state index contributed by atoms with van der Waals surface area (Å²) in [7, 11) is 1.64. The molecule has 0 unspecified atom stereocenters. The predicted octanol–water partition coefficient (Wildman–Crippen LogP) is 4.31. The smallest absolute Gasteiger partial charge is 0.271 e. The Morgan fingerprint density at radius 3 is 2.00 bits per heavy atom. The Kier molecular flexibility index (Phi) is 7.85. The van der Waals surface area contributed by atoms with Crippen LogP contribution in [0.5, 0.6) is 17.2 Å². The van der Waals surface area contributed by atoms with Gasteiger partial charge in [-0.15, -0.1) is 0 Å². The van der Waals surface area contributed by atoms with Gasteiger partial charge < -0.3 is 14.2 Å². The van der Waals surface area contributed by atoms with E-state index >= 15 is 0 Å². The molecule has 3 aromatic rings. The molecule has 3 aromatic carbocycles. The number of carbonyl (C=O) groups is 1. The zero-order valence-electron chi connectivity index (χ0n) is 16.8. The van der Waals surface area contributed by atoms with Crippen LogP contribution in [0, 0.1) is 0 Å². The van der Waals surface area contributed by atoms with E-state index in [2.05, 4.69) is 10.5 Å². The lowest BCUT2D eigenvalue weighted by atomic mass is 10.2. The number of nitrogens with one attached hydrogen (secondary N) is 1.